The first-order valence-corrected chi connectivity index (χ1v) is 11.5. The molecule has 0 aromatic heterocycles. The molecular formula is C28H30N2O5. The highest BCUT2D eigenvalue weighted by Crippen LogP contribution is 2.18. The first kappa shape index (κ1) is 25.5. The van der Waals surface area contributed by atoms with Crippen LogP contribution >= 0.6 is 0 Å². The number of amides is 2. The topological polar surface area (TPSA) is 93.7 Å². The van der Waals surface area contributed by atoms with Crippen LogP contribution < -0.4 is 15.4 Å². The summed E-state index contributed by atoms with van der Waals surface area (Å²) in [6.07, 6.45) is 2.44. The van der Waals surface area contributed by atoms with Gasteiger partial charge >= 0.3 is 5.97 Å². The molecule has 0 spiro atoms. The van der Waals surface area contributed by atoms with Gasteiger partial charge in [-0.3, -0.25) is 9.59 Å². The summed E-state index contributed by atoms with van der Waals surface area (Å²) in [4.78, 5) is 37.0. The highest BCUT2D eigenvalue weighted by Gasteiger charge is 2.16. The summed E-state index contributed by atoms with van der Waals surface area (Å²) >= 11 is 0. The fourth-order valence-electron chi connectivity index (χ4n) is 3.46. The van der Waals surface area contributed by atoms with E-state index in [4.69, 9.17) is 9.47 Å². The van der Waals surface area contributed by atoms with Gasteiger partial charge in [0.2, 0.25) is 5.91 Å². The second-order valence-electron chi connectivity index (χ2n) is 7.96. The van der Waals surface area contributed by atoms with Crippen molar-refractivity contribution < 1.29 is 23.9 Å². The van der Waals surface area contributed by atoms with Crippen molar-refractivity contribution in [2.24, 2.45) is 0 Å². The fourth-order valence-corrected chi connectivity index (χ4v) is 3.46. The van der Waals surface area contributed by atoms with E-state index in [0.717, 1.165) is 24.2 Å². The molecule has 0 saturated carbocycles. The van der Waals surface area contributed by atoms with Crippen molar-refractivity contribution in [3.63, 3.8) is 0 Å². The summed E-state index contributed by atoms with van der Waals surface area (Å²) in [5.41, 5.74) is 2.75. The number of nitrogens with one attached hydrogen (secondary N) is 2. The summed E-state index contributed by atoms with van der Waals surface area (Å²) in [6.45, 7) is 0.107. The van der Waals surface area contributed by atoms with Crippen LogP contribution in [0.25, 0.3) is 0 Å². The molecule has 3 aromatic carbocycles. The number of carbonyl (C=O) groups excluding carboxylic acids is 3. The number of rotatable bonds is 12. The lowest BCUT2D eigenvalue weighted by atomic mass is 10.1. The Morgan fingerprint density at radius 3 is 2.20 bits per heavy atom. The zero-order valence-corrected chi connectivity index (χ0v) is 19.8. The van der Waals surface area contributed by atoms with Crippen LogP contribution in [0.5, 0.6) is 5.75 Å². The number of methoxy groups -OCH3 is 1. The number of aryl methyl sites for hydroxylation is 2. The van der Waals surface area contributed by atoms with E-state index in [2.05, 4.69) is 10.6 Å². The van der Waals surface area contributed by atoms with Gasteiger partial charge in [0.15, 0.2) is 6.61 Å². The zero-order valence-electron chi connectivity index (χ0n) is 19.8. The van der Waals surface area contributed by atoms with Gasteiger partial charge in [-0.2, -0.15) is 0 Å². The Kier molecular flexibility index (Phi) is 9.87. The Balaban J connectivity index is 1.42. The predicted molar refractivity (Wildman–Crippen MR) is 134 cm³/mol. The monoisotopic (exact) mass is 474 g/mol. The predicted octanol–water partition coefficient (Wildman–Crippen LogP) is 4.17. The highest BCUT2D eigenvalue weighted by atomic mass is 16.5. The maximum atomic E-state index is 12.5. The molecule has 0 aliphatic heterocycles. The number of para-hydroxylation sites is 1. The van der Waals surface area contributed by atoms with Gasteiger partial charge in [0, 0.05) is 13.0 Å². The molecule has 2 amide bonds. The SMILES string of the molecule is COc1ccc(CCC(=O)Nc2ccccc2C(=O)OCC(=O)NCCCc2ccccc2)cc1. The lowest BCUT2D eigenvalue weighted by Crippen LogP contribution is -2.30. The number of carbonyl (C=O) groups is 3. The normalized spacial score (nSPS) is 10.3. The van der Waals surface area contributed by atoms with Crippen LogP contribution in [0.1, 0.15) is 34.3 Å². The third-order valence-corrected chi connectivity index (χ3v) is 5.36. The van der Waals surface area contributed by atoms with Crippen molar-refractivity contribution in [1.29, 1.82) is 0 Å². The third kappa shape index (κ3) is 8.62. The van der Waals surface area contributed by atoms with Crippen LogP contribution in [0.15, 0.2) is 78.9 Å². The number of hydrogen-bond donors (Lipinski definition) is 2. The molecule has 0 unspecified atom stereocenters. The highest BCUT2D eigenvalue weighted by molar-refractivity contribution is 6.01. The molecule has 0 saturated heterocycles. The van der Waals surface area contributed by atoms with Crippen LogP contribution in [0.3, 0.4) is 0 Å². The van der Waals surface area contributed by atoms with Crippen molar-refractivity contribution in [1.82, 2.24) is 5.32 Å². The average Bonchev–Trinajstić information content (AvgIpc) is 2.90. The first-order chi connectivity index (χ1) is 17.0. The van der Waals surface area contributed by atoms with E-state index in [1.165, 1.54) is 5.56 Å². The molecular weight excluding hydrogens is 444 g/mol. The quantitative estimate of drug-likeness (QED) is 0.304. The second-order valence-corrected chi connectivity index (χ2v) is 7.96. The third-order valence-electron chi connectivity index (χ3n) is 5.36. The minimum atomic E-state index is -0.671. The van der Waals surface area contributed by atoms with Crippen molar-refractivity contribution in [3.05, 3.63) is 95.6 Å². The lowest BCUT2D eigenvalue weighted by Gasteiger charge is -2.11. The smallest absolute Gasteiger partial charge is 0.340 e. The molecule has 3 rings (SSSR count). The molecule has 3 aromatic rings. The molecule has 0 fully saturated rings. The molecule has 7 nitrogen and oxygen atoms in total. The fraction of sp³-hybridized carbons (Fsp3) is 0.250. The number of anilines is 1. The molecule has 0 aliphatic rings. The van der Waals surface area contributed by atoms with Gasteiger partial charge in [0.25, 0.3) is 5.91 Å². The van der Waals surface area contributed by atoms with E-state index in [-0.39, 0.29) is 30.4 Å². The summed E-state index contributed by atoms with van der Waals surface area (Å²) in [5.74, 6) is -0.508. The second kappa shape index (κ2) is 13.5. The van der Waals surface area contributed by atoms with Crippen LogP contribution in [0, 0.1) is 0 Å². The first-order valence-electron chi connectivity index (χ1n) is 11.5. The Hall–Kier alpha value is -4.13. The zero-order chi connectivity index (χ0) is 24.9. The maximum Gasteiger partial charge on any atom is 0.340 e. The van der Waals surface area contributed by atoms with Crippen LogP contribution in [0.2, 0.25) is 0 Å². The van der Waals surface area contributed by atoms with Crippen molar-refractivity contribution in [3.8, 4) is 5.75 Å². The minimum absolute atomic E-state index is 0.196. The van der Waals surface area contributed by atoms with Gasteiger partial charge in [0.1, 0.15) is 5.75 Å². The summed E-state index contributed by atoms with van der Waals surface area (Å²) in [6, 6.07) is 24.1. The van der Waals surface area contributed by atoms with Crippen LogP contribution in [-0.2, 0) is 27.2 Å². The molecule has 0 atom stereocenters. The molecule has 0 bridgehead atoms. The Bertz CT molecular complexity index is 1110. The van der Waals surface area contributed by atoms with Gasteiger partial charge in [0.05, 0.1) is 18.4 Å². The summed E-state index contributed by atoms with van der Waals surface area (Å²) in [7, 11) is 1.60. The minimum Gasteiger partial charge on any atom is -0.497 e. The van der Waals surface area contributed by atoms with Crippen molar-refractivity contribution in [2.75, 3.05) is 25.6 Å². The maximum absolute atomic E-state index is 12.5. The summed E-state index contributed by atoms with van der Waals surface area (Å²) < 4.78 is 10.3. The van der Waals surface area contributed by atoms with E-state index in [1.54, 1.807) is 31.4 Å². The number of hydrogen-bond acceptors (Lipinski definition) is 5. The van der Waals surface area contributed by atoms with E-state index in [9.17, 15) is 14.4 Å². The molecule has 0 aliphatic carbocycles. The van der Waals surface area contributed by atoms with E-state index >= 15 is 0 Å². The largest absolute Gasteiger partial charge is 0.497 e. The van der Waals surface area contributed by atoms with Crippen LogP contribution in [-0.4, -0.2) is 38.0 Å². The molecule has 7 heteroatoms. The van der Waals surface area contributed by atoms with Crippen molar-refractivity contribution in [2.45, 2.75) is 25.7 Å². The molecule has 0 radical (unpaired) electrons. The summed E-state index contributed by atoms with van der Waals surface area (Å²) in [5, 5.41) is 5.52. The van der Waals surface area contributed by atoms with E-state index in [1.807, 2.05) is 54.6 Å². The van der Waals surface area contributed by atoms with Crippen molar-refractivity contribution >= 4 is 23.5 Å². The van der Waals surface area contributed by atoms with Gasteiger partial charge in [-0.25, -0.2) is 4.79 Å². The number of ether oxygens (including phenoxy) is 2. The molecule has 2 N–H and O–H groups in total. The van der Waals surface area contributed by atoms with Crippen LogP contribution in [0.4, 0.5) is 5.69 Å². The lowest BCUT2D eigenvalue weighted by molar-refractivity contribution is -0.124. The number of esters is 1. The molecule has 0 heterocycles. The van der Waals surface area contributed by atoms with E-state index < -0.39 is 5.97 Å². The Morgan fingerprint density at radius 1 is 0.771 bits per heavy atom. The van der Waals surface area contributed by atoms with E-state index in [0.29, 0.717) is 18.7 Å². The Morgan fingerprint density at radius 2 is 1.46 bits per heavy atom. The molecule has 35 heavy (non-hydrogen) atoms. The molecule has 182 valence electrons. The average molecular weight is 475 g/mol. The number of benzene rings is 3. The Labute approximate surface area is 205 Å². The van der Waals surface area contributed by atoms with Gasteiger partial charge in [-0.05, 0) is 54.7 Å². The van der Waals surface area contributed by atoms with Gasteiger partial charge in [-0.15, -0.1) is 0 Å². The van der Waals surface area contributed by atoms with Gasteiger partial charge in [-0.1, -0.05) is 54.6 Å². The van der Waals surface area contributed by atoms with Gasteiger partial charge < -0.3 is 20.1 Å². The standard InChI is InChI=1S/C28H30N2O5/c1-34-23-16-13-22(14-17-23)15-18-26(31)30-25-12-6-5-11-24(25)28(33)35-20-27(32)29-19-7-10-21-8-3-2-4-9-21/h2-6,8-9,11-14,16-17H,7,10,15,18-20H2,1H3,(H,29,32)(H,30,31).